The van der Waals surface area contributed by atoms with Crippen LogP contribution in [0.25, 0.3) is 0 Å². The van der Waals surface area contributed by atoms with Crippen LogP contribution in [0.1, 0.15) is 348 Å². The molecule has 7 atom stereocenters. The van der Waals surface area contributed by atoms with E-state index in [1.165, 1.54) is 218 Å². The minimum Gasteiger partial charge on any atom is -0.394 e. The van der Waals surface area contributed by atoms with Crippen LogP contribution in [-0.2, 0) is 14.3 Å². The second-order valence-electron chi connectivity index (χ2n) is 26.4. The molecule has 1 saturated heterocycles. The summed E-state index contributed by atoms with van der Waals surface area (Å²) in [6.07, 6.45) is 96.0. The van der Waals surface area contributed by atoms with E-state index in [4.69, 9.17) is 9.47 Å². The van der Waals surface area contributed by atoms with Gasteiger partial charge in [-0.25, -0.2) is 0 Å². The van der Waals surface area contributed by atoms with Crippen molar-refractivity contribution >= 4 is 5.91 Å². The normalized spacial score (nSPS) is 18.3. The Balaban J connectivity index is 2.10. The molecule has 0 aliphatic carbocycles. The maximum atomic E-state index is 13.2. The van der Waals surface area contributed by atoms with E-state index in [2.05, 4.69) is 129 Å². The lowest BCUT2D eigenvalue weighted by atomic mass is 9.99. The lowest BCUT2D eigenvalue weighted by molar-refractivity contribution is -0.302. The fourth-order valence-corrected chi connectivity index (χ4v) is 11.9. The number of hydrogen-bond donors (Lipinski definition) is 6. The molecule has 91 heavy (non-hydrogen) atoms. The average Bonchev–Trinajstić information content (AvgIpc) is 1.33. The Labute approximate surface area is 561 Å². The zero-order chi connectivity index (χ0) is 65.7. The molecular weight excluding hydrogens is 1130 g/mol. The van der Waals surface area contributed by atoms with Crippen molar-refractivity contribution in [2.75, 3.05) is 13.2 Å². The molecule has 0 spiro atoms. The lowest BCUT2D eigenvalue weighted by Crippen LogP contribution is -2.60. The summed E-state index contributed by atoms with van der Waals surface area (Å²) in [7, 11) is 0. The van der Waals surface area contributed by atoms with E-state index in [1.54, 1.807) is 0 Å². The molecule has 1 aliphatic heterocycles. The first kappa shape index (κ1) is 85.9. The molecule has 0 radical (unpaired) electrons. The first-order valence-corrected chi connectivity index (χ1v) is 38.6. The molecule has 0 saturated carbocycles. The Morgan fingerprint density at radius 1 is 0.385 bits per heavy atom. The smallest absolute Gasteiger partial charge is 0.220 e. The molecule has 1 amide bonds. The quantitative estimate of drug-likeness (QED) is 0.0261. The van der Waals surface area contributed by atoms with E-state index in [9.17, 15) is 30.3 Å². The maximum Gasteiger partial charge on any atom is 0.220 e. The van der Waals surface area contributed by atoms with Crippen molar-refractivity contribution in [1.29, 1.82) is 0 Å². The van der Waals surface area contributed by atoms with Crippen molar-refractivity contribution in [3.05, 3.63) is 109 Å². The molecule has 6 N–H and O–H groups in total. The maximum absolute atomic E-state index is 13.2. The van der Waals surface area contributed by atoms with Gasteiger partial charge in [0.2, 0.25) is 5.91 Å². The number of rotatable bonds is 67. The monoisotopic (exact) mass is 1270 g/mol. The Morgan fingerprint density at radius 3 is 1.01 bits per heavy atom. The third-order valence-corrected chi connectivity index (χ3v) is 17.9. The van der Waals surface area contributed by atoms with Crippen LogP contribution in [0.15, 0.2) is 109 Å². The highest BCUT2D eigenvalue weighted by Gasteiger charge is 2.44. The number of allylic oxidation sites excluding steroid dienone is 18. The predicted octanol–water partition coefficient (Wildman–Crippen LogP) is 22.0. The summed E-state index contributed by atoms with van der Waals surface area (Å²) >= 11 is 0. The van der Waals surface area contributed by atoms with Crippen molar-refractivity contribution in [3.63, 3.8) is 0 Å². The topological polar surface area (TPSA) is 149 Å². The molecule has 1 fully saturated rings. The number of aliphatic hydroxyl groups excluding tert-OH is 5. The van der Waals surface area contributed by atoms with Gasteiger partial charge in [-0.15, -0.1) is 0 Å². The minimum atomic E-state index is -1.56. The second kappa shape index (κ2) is 69.7. The van der Waals surface area contributed by atoms with Crippen LogP contribution in [0.4, 0.5) is 0 Å². The average molecular weight is 1270 g/mol. The number of ether oxygens (including phenoxy) is 2. The van der Waals surface area contributed by atoms with Crippen LogP contribution >= 0.6 is 0 Å². The molecule has 0 bridgehead atoms. The Bertz CT molecular complexity index is 1810. The van der Waals surface area contributed by atoms with Crippen molar-refractivity contribution in [1.82, 2.24) is 5.32 Å². The molecule has 9 nitrogen and oxygen atoms in total. The first-order valence-electron chi connectivity index (χ1n) is 38.6. The predicted molar refractivity (Wildman–Crippen MR) is 391 cm³/mol. The van der Waals surface area contributed by atoms with E-state index in [1.807, 2.05) is 0 Å². The van der Waals surface area contributed by atoms with E-state index in [-0.39, 0.29) is 12.5 Å². The summed E-state index contributed by atoms with van der Waals surface area (Å²) in [4.78, 5) is 13.2. The van der Waals surface area contributed by atoms with E-state index >= 15 is 0 Å². The van der Waals surface area contributed by atoms with Crippen molar-refractivity contribution < 1.29 is 39.8 Å². The van der Waals surface area contributed by atoms with Gasteiger partial charge in [0, 0.05) is 6.42 Å². The molecule has 0 aromatic rings. The highest BCUT2D eigenvalue weighted by Crippen LogP contribution is 2.24. The molecular formula is C82H145NO8. The summed E-state index contributed by atoms with van der Waals surface area (Å²) < 4.78 is 11.4. The summed E-state index contributed by atoms with van der Waals surface area (Å²) in [5, 5.41) is 55.1. The summed E-state index contributed by atoms with van der Waals surface area (Å²) in [6, 6.07) is -0.729. The van der Waals surface area contributed by atoms with Gasteiger partial charge in [0.25, 0.3) is 0 Å². The fraction of sp³-hybridized carbons (Fsp3) is 0.768. The number of aliphatic hydroxyl groups is 5. The van der Waals surface area contributed by atoms with Gasteiger partial charge in [-0.2, -0.15) is 0 Å². The van der Waals surface area contributed by atoms with Gasteiger partial charge >= 0.3 is 0 Å². The van der Waals surface area contributed by atoms with Crippen LogP contribution in [0, 0.1) is 0 Å². The molecule has 1 heterocycles. The number of amides is 1. The molecule has 1 aliphatic rings. The SMILES string of the molecule is CC/C=C\C/C=C\C/C=C\C/C=C\C/C=C\C/C=C\C/C=C\C/C=C\C/C=C\CCCCCCCCCCCCCC(=O)NC(COC1OC(CO)C(O)C(O)C1O)C(O)CCCCCCCCCCCCCCCCCCCCCCCCCCCCCCC. The third kappa shape index (κ3) is 58.0. The highest BCUT2D eigenvalue weighted by molar-refractivity contribution is 5.76. The Morgan fingerprint density at radius 2 is 0.681 bits per heavy atom. The molecule has 0 aromatic carbocycles. The highest BCUT2D eigenvalue weighted by atomic mass is 16.7. The second-order valence-corrected chi connectivity index (χ2v) is 26.4. The van der Waals surface area contributed by atoms with Crippen molar-refractivity contribution in [3.8, 4) is 0 Å². The largest absolute Gasteiger partial charge is 0.394 e. The lowest BCUT2D eigenvalue weighted by Gasteiger charge is -2.40. The summed E-state index contributed by atoms with van der Waals surface area (Å²) in [5.41, 5.74) is 0. The Kier molecular flexibility index (Phi) is 65.7. The van der Waals surface area contributed by atoms with Gasteiger partial charge in [0.1, 0.15) is 24.4 Å². The van der Waals surface area contributed by atoms with E-state index in [0.717, 1.165) is 103 Å². The third-order valence-electron chi connectivity index (χ3n) is 17.9. The fourth-order valence-electron chi connectivity index (χ4n) is 11.9. The summed E-state index contributed by atoms with van der Waals surface area (Å²) in [5.74, 6) is -0.147. The first-order chi connectivity index (χ1) is 44.8. The van der Waals surface area contributed by atoms with Crippen LogP contribution in [0.3, 0.4) is 0 Å². The molecule has 9 heteroatoms. The van der Waals surface area contributed by atoms with Gasteiger partial charge in [-0.3, -0.25) is 4.79 Å². The zero-order valence-corrected chi connectivity index (χ0v) is 59.1. The summed E-state index contributed by atoms with van der Waals surface area (Å²) in [6.45, 7) is 3.76. The van der Waals surface area contributed by atoms with Crippen LogP contribution in [0.2, 0.25) is 0 Å². The molecule has 526 valence electrons. The molecule has 1 rings (SSSR count). The molecule has 0 aromatic heterocycles. The number of unbranched alkanes of at least 4 members (excludes halogenated alkanes) is 39. The van der Waals surface area contributed by atoms with Gasteiger partial charge in [-0.1, -0.05) is 367 Å². The van der Waals surface area contributed by atoms with Gasteiger partial charge in [-0.05, 0) is 83.5 Å². The van der Waals surface area contributed by atoms with Crippen LogP contribution < -0.4 is 5.32 Å². The minimum absolute atomic E-state index is 0.142. The van der Waals surface area contributed by atoms with E-state index in [0.29, 0.717) is 12.8 Å². The number of hydrogen-bond acceptors (Lipinski definition) is 8. The van der Waals surface area contributed by atoms with Crippen LogP contribution in [0.5, 0.6) is 0 Å². The van der Waals surface area contributed by atoms with Gasteiger partial charge < -0.3 is 40.3 Å². The van der Waals surface area contributed by atoms with E-state index < -0.39 is 49.5 Å². The molecule has 7 unspecified atom stereocenters. The van der Waals surface area contributed by atoms with Crippen molar-refractivity contribution in [2.24, 2.45) is 0 Å². The number of nitrogens with one attached hydrogen (secondary N) is 1. The number of carbonyl (C=O) groups is 1. The zero-order valence-electron chi connectivity index (χ0n) is 59.1. The standard InChI is InChI=1S/C82H145NO8/c1-3-5-7-9-11-13-15-17-19-21-23-25-27-29-31-33-34-35-36-37-38-39-40-41-42-44-46-48-50-52-54-56-58-60-62-64-66-68-70-72-78(86)83-75(74-90-82-81(89)80(88)79(87)77(73-84)91-82)76(85)71-69-67-65-63-61-59-57-55-53-51-49-47-45-43-32-30-28-26-24-22-20-18-16-14-12-10-8-6-4-2/h5,7,11,13,17,19,23,25,29,31,34-35,37-38,40-41,44,46,75-77,79-82,84-85,87-89H,3-4,6,8-10,12,14-16,18,20-22,24,26-28,30,32-33,36,39,42-43,45,47-74H2,1-2H3,(H,83,86)/b7-5-,13-11-,19-17-,25-23-,31-29-,35-34-,38-37-,41-40-,46-44-. The van der Waals surface area contributed by atoms with Crippen LogP contribution in [-0.4, -0.2) is 87.5 Å². The Hall–Kier alpha value is -3.15. The van der Waals surface area contributed by atoms with Crippen molar-refractivity contribution in [2.45, 2.75) is 391 Å². The van der Waals surface area contributed by atoms with Gasteiger partial charge in [0.05, 0.1) is 25.4 Å². The van der Waals surface area contributed by atoms with Gasteiger partial charge in [0.15, 0.2) is 6.29 Å². The number of carbonyl (C=O) groups excluding carboxylic acids is 1.